The van der Waals surface area contributed by atoms with Gasteiger partial charge in [0.2, 0.25) is 0 Å². The second kappa shape index (κ2) is 12.9. The standard InChI is InChI=1S/C19H33N5O.HI/c1-14(2)15(3)23-19(20-4)22-13-16-8-7-9-17(12-16)18(25)21-10-11-24(5)6;/h7-9,12,14-15H,10-11,13H2,1-6H3,(H,21,25)(H2,20,22,23);1H. The number of benzene rings is 1. The molecule has 0 fully saturated rings. The third-order valence-electron chi connectivity index (χ3n) is 4.08. The number of nitrogens with zero attached hydrogens (tertiary/aromatic N) is 2. The van der Waals surface area contributed by atoms with Crippen LogP contribution in [0.2, 0.25) is 0 Å². The number of hydrogen-bond acceptors (Lipinski definition) is 3. The molecular weight excluding hydrogens is 441 g/mol. The van der Waals surface area contributed by atoms with E-state index in [1.54, 1.807) is 7.05 Å². The summed E-state index contributed by atoms with van der Waals surface area (Å²) in [6, 6.07) is 7.99. The lowest BCUT2D eigenvalue weighted by atomic mass is 10.1. The zero-order chi connectivity index (χ0) is 18.8. The molecule has 1 atom stereocenters. The van der Waals surface area contributed by atoms with Gasteiger partial charge in [0.25, 0.3) is 5.91 Å². The molecule has 6 nitrogen and oxygen atoms in total. The van der Waals surface area contributed by atoms with E-state index in [9.17, 15) is 4.79 Å². The lowest BCUT2D eigenvalue weighted by Gasteiger charge is -2.20. The molecule has 0 aromatic heterocycles. The number of carbonyl (C=O) groups excluding carboxylic acids is 1. The summed E-state index contributed by atoms with van der Waals surface area (Å²) >= 11 is 0. The first kappa shape index (κ1) is 24.7. The van der Waals surface area contributed by atoms with Crippen LogP contribution in [0.5, 0.6) is 0 Å². The SMILES string of the molecule is CN=C(NCc1cccc(C(=O)NCCN(C)C)c1)NC(C)C(C)C.I. The molecule has 7 heteroatoms. The molecule has 0 aliphatic rings. The minimum atomic E-state index is -0.0420. The van der Waals surface area contributed by atoms with E-state index >= 15 is 0 Å². The highest BCUT2D eigenvalue weighted by atomic mass is 127. The number of likely N-dealkylation sites (N-methyl/N-ethyl adjacent to an activating group) is 1. The van der Waals surface area contributed by atoms with E-state index in [4.69, 9.17) is 0 Å². The topological polar surface area (TPSA) is 68.8 Å². The van der Waals surface area contributed by atoms with Crippen molar-refractivity contribution in [2.75, 3.05) is 34.2 Å². The molecule has 148 valence electrons. The molecule has 1 rings (SSSR count). The van der Waals surface area contributed by atoms with Crippen LogP contribution in [0.25, 0.3) is 0 Å². The van der Waals surface area contributed by atoms with Crippen molar-refractivity contribution in [2.24, 2.45) is 10.9 Å². The summed E-state index contributed by atoms with van der Waals surface area (Å²) in [6.07, 6.45) is 0. The smallest absolute Gasteiger partial charge is 0.251 e. The first-order chi connectivity index (χ1) is 11.8. The van der Waals surface area contributed by atoms with E-state index in [1.807, 2.05) is 43.3 Å². The van der Waals surface area contributed by atoms with E-state index in [0.717, 1.165) is 18.1 Å². The maximum atomic E-state index is 12.2. The molecule has 0 aliphatic carbocycles. The van der Waals surface area contributed by atoms with Crippen LogP contribution in [0.4, 0.5) is 0 Å². The lowest BCUT2D eigenvalue weighted by molar-refractivity contribution is 0.0951. The molecule has 3 N–H and O–H groups in total. The van der Waals surface area contributed by atoms with Gasteiger partial charge >= 0.3 is 0 Å². The number of aliphatic imine (C=N–C) groups is 1. The van der Waals surface area contributed by atoms with Crippen LogP contribution in [-0.2, 0) is 6.54 Å². The summed E-state index contributed by atoms with van der Waals surface area (Å²) < 4.78 is 0. The average molecular weight is 475 g/mol. The molecule has 0 aliphatic heterocycles. The highest BCUT2D eigenvalue weighted by Crippen LogP contribution is 2.05. The van der Waals surface area contributed by atoms with E-state index in [0.29, 0.717) is 30.6 Å². The molecule has 1 unspecified atom stereocenters. The highest BCUT2D eigenvalue weighted by molar-refractivity contribution is 14.0. The third-order valence-corrected chi connectivity index (χ3v) is 4.08. The predicted molar refractivity (Wildman–Crippen MR) is 120 cm³/mol. The highest BCUT2D eigenvalue weighted by Gasteiger charge is 2.09. The summed E-state index contributed by atoms with van der Waals surface area (Å²) in [7, 11) is 5.73. The Labute approximate surface area is 175 Å². The van der Waals surface area contributed by atoms with Gasteiger partial charge in [-0.1, -0.05) is 26.0 Å². The van der Waals surface area contributed by atoms with E-state index in [1.165, 1.54) is 0 Å². The van der Waals surface area contributed by atoms with Crippen LogP contribution in [0.3, 0.4) is 0 Å². The molecule has 1 amide bonds. The second-order valence-electron chi connectivity index (χ2n) is 6.86. The number of guanidine groups is 1. The Morgan fingerprint density at radius 1 is 1.19 bits per heavy atom. The average Bonchev–Trinajstić information content (AvgIpc) is 2.58. The van der Waals surface area contributed by atoms with E-state index < -0.39 is 0 Å². The maximum Gasteiger partial charge on any atom is 0.251 e. The lowest BCUT2D eigenvalue weighted by Crippen LogP contribution is -2.43. The predicted octanol–water partition coefficient (Wildman–Crippen LogP) is 2.31. The van der Waals surface area contributed by atoms with Gasteiger partial charge in [0.1, 0.15) is 0 Å². The molecule has 0 heterocycles. The molecule has 1 aromatic rings. The zero-order valence-electron chi connectivity index (χ0n) is 16.8. The van der Waals surface area contributed by atoms with Crippen LogP contribution in [-0.4, -0.2) is 57.0 Å². The maximum absolute atomic E-state index is 12.2. The Balaban J connectivity index is 0.00000625. The van der Waals surface area contributed by atoms with Crippen LogP contribution in [0.15, 0.2) is 29.3 Å². The molecule has 26 heavy (non-hydrogen) atoms. The van der Waals surface area contributed by atoms with Crippen molar-refractivity contribution in [1.29, 1.82) is 0 Å². The summed E-state index contributed by atoms with van der Waals surface area (Å²) in [5, 5.41) is 9.60. The van der Waals surface area contributed by atoms with Crippen molar-refractivity contribution in [1.82, 2.24) is 20.9 Å². The summed E-state index contributed by atoms with van der Waals surface area (Å²) in [5.41, 5.74) is 1.72. The fourth-order valence-electron chi connectivity index (χ4n) is 2.08. The van der Waals surface area contributed by atoms with Crippen molar-refractivity contribution in [3.05, 3.63) is 35.4 Å². The minimum Gasteiger partial charge on any atom is -0.354 e. The number of carbonyl (C=O) groups is 1. The fraction of sp³-hybridized carbons (Fsp3) is 0.579. The Kier molecular flexibility index (Phi) is 12.2. The molecule has 0 spiro atoms. The molecule has 0 saturated heterocycles. The van der Waals surface area contributed by atoms with E-state index in [2.05, 4.69) is 41.7 Å². The van der Waals surface area contributed by atoms with Gasteiger partial charge in [0.05, 0.1) is 0 Å². The van der Waals surface area contributed by atoms with Crippen molar-refractivity contribution in [3.63, 3.8) is 0 Å². The van der Waals surface area contributed by atoms with Crippen LogP contribution >= 0.6 is 24.0 Å². The van der Waals surface area contributed by atoms with Crippen molar-refractivity contribution >= 4 is 35.8 Å². The molecular formula is C19H34IN5O. The number of halogens is 1. The van der Waals surface area contributed by atoms with Gasteiger partial charge in [0.15, 0.2) is 5.96 Å². The summed E-state index contributed by atoms with van der Waals surface area (Å²) in [4.78, 5) is 18.5. The van der Waals surface area contributed by atoms with Crippen LogP contribution in [0, 0.1) is 5.92 Å². The Bertz CT molecular complexity index is 575. The van der Waals surface area contributed by atoms with Gasteiger partial charge in [-0.25, -0.2) is 0 Å². The largest absolute Gasteiger partial charge is 0.354 e. The zero-order valence-corrected chi connectivity index (χ0v) is 19.1. The fourth-order valence-corrected chi connectivity index (χ4v) is 2.08. The van der Waals surface area contributed by atoms with Gasteiger partial charge in [-0.2, -0.15) is 0 Å². The summed E-state index contributed by atoms with van der Waals surface area (Å²) in [5.74, 6) is 1.24. The molecule has 0 bridgehead atoms. The van der Waals surface area contributed by atoms with Gasteiger partial charge in [0, 0.05) is 38.3 Å². The molecule has 0 saturated carbocycles. The van der Waals surface area contributed by atoms with Crippen LogP contribution < -0.4 is 16.0 Å². The molecule has 1 aromatic carbocycles. The Hall–Kier alpha value is -1.35. The number of amides is 1. The quantitative estimate of drug-likeness (QED) is 0.307. The Morgan fingerprint density at radius 3 is 2.46 bits per heavy atom. The first-order valence-corrected chi connectivity index (χ1v) is 8.82. The number of rotatable bonds is 8. The van der Waals surface area contributed by atoms with Gasteiger partial charge in [-0.3, -0.25) is 9.79 Å². The third kappa shape index (κ3) is 9.38. The van der Waals surface area contributed by atoms with Crippen LogP contribution in [0.1, 0.15) is 36.7 Å². The monoisotopic (exact) mass is 475 g/mol. The van der Waals surface area contributed by atoms with Crippen molar-refractivity contribution < 1.29 is 4.79 Å². The number of hydrogen-bond donors (Lipinski definition) is 3. The van der Waals surface area contributed by atoms with Gasteiger partial charge < -0.3 is 20.9 Å². The minimum absolute atomic E-state index is 0. The van der Waals surface area contributed by atoms with E-state index in [-0.39, 0.29) is 29.9 Å². The van der Waals surface area contributed by atoms with Crippen molar-refractivity contribution in [2.45, 2.75) is 33.4 Å². The van der Waals surface area contributed by atoms with Gasteiger partial charge in [-0.15, -0.1) is 24.0 Å². The Morgan fingerprint density at radius 2 is 1.88 bits per heavy atom. The van der Waals surface area contributed by atoms with Crippen molar-refractivity contribution in [3.8, 4) is 0 Å². The normalized spacial score (nSPS) is 12.5. The molecule has 0 radical (unpaired) electrons. The summed E-state index contributed by atoms with van der Waals surface area (Å²) in [6.45, 7) is 8.55. The first-order valence-electron chi connectivity index (χ1n) is 8.82. The second-order valence-corrected chi connectivity index (χ2v) is 6.86. The number of nitrogens with one attached hydrogen (secondary N) is 3. The van der Waals surface area contributed by atoms with Gasteiger partial charge in [-0.05, 0) is 44.6 Å².